The van der Waals surface area contributed by atoms with Crippen molar-refractivity contribution in [1.82, 2.24) is 16.0 Å². The van der Waals surface area contributed by atoms with Crippen LogP contribution in [0.2, 0.25) is 25.1 Å². The summed E-state index contributed by atoms with van der Waals surface area (Å²) >= 11 is 31.8. The lowest BCUT2D eigenvalue weighted by Crippen LogP contribution is -2.50. The van der Waals surface area contributed by atoms with Crippen molar-refractivity contribution in [2.24, 2.45) is 0 Å². The van der Waals surface area contributed by atoms with Gasteiger partial charge in [0.2, 0.25) is 11.8 Å². The lowest BCUT2D eigenvalue weighted by Gasteiger charge is -2.20. The van der Waals surface area contributed by atoms with Crippen LogP contribution in [0.4, 0.5) is 4.79 Å². The first-order valence-corrected chi connectivity index (χ1v) is 19.6. The zero-order valence-electron chi connectivity index (χ0n) is 28.8. The number of hydrogen-bond acceptors (Lipinski definition) is 9. The molecule has 2 atom stereocenters. The maximum atomic E-state index is 13.4. The molecular formula is C38H34Cl5N3O8S. The highest BCUT2D eigenvalue weighted by molar-refractivity contribution is 7.98. The fraction of sp³-hybridized carbons (Fsp3) is 0.237. The van der Waals surface area contributed by atoms with Crippen LogP contribution in [0.3, 0.4) is 0 Å². The number of nitrogens with one attached hydrogen (secondary N) is 3. The van der Waals surface area contributed by atoms with Crippen LogP contribution in [0.25, 0.3) is 0 Å². The Morgan fingerprint density at radius 3 is 1.69 bits per heavy atom. The number of carbonyl (C=O) groups excluding carboxylic acids is 5. The molecule has 3 amide bonds. The molecule has 4 rings (SSSR count). The van der Waals surface area contributed by atoms with Crippen molar-refractivity contribution in [2.75, 3.05) is 12.3 Å². The number of thioether (sulfide) groups is 1. The number of ether oxygens (including phenoxy) is 3. The maximum Gasteiger partial charge on any atom is 0.408 e. The van der Waals surface area contributed by atoms with Gasteiger partial charge in [0.05, 0.1) is 15.1 Å². The Labute approximate surface area is 346 Å². The Balaban J connectivity index is 1.39. The first kappa shape index (κ1) is 43.6. The average molecular weight is 870 g/mol. The van der Waals surface area contributed by atoms with Crippen molar-refractivity contribution in [3.63, 3.8) is 0 Å². The predicted molar refractivity (Wildman–Crippen MR) is 214 cm³/mol. The zero-order valence-corrected chi connectivity index (χ0v) is 33.4. The van der Waals surface area contributed by atoms with E-state index >= 15 is 0 Å². The van der Waals surface area contributed by atoms with E-state index in [1.165, 1.54) is 11.8 Å². The fourth-order valence-electron chi connectivity index (χ4n) is 4.69. The van der Waals surface area contributed by atoms with E-state index in [2.05, 4.69) is 16.0 Å². The Bertz CT molecular complexity index is 1920. The fourth-order valence-corrected chi connectivity index (χ4v) is 6.90. The molecule has 0 saturated heterocycles. The van der Waals surface area contributed by atoms with Crippen molar-refractivity contribution in [3.05, 3.63) is 133 Å². The van der Waals surface area contributed by atoms with Gasteiger partial charge in [-0.05, 0) is 23.1 Å². The van der Waals surface area contributed by atoms with Crippen LogP contribution in [0.15, 0.2) is 91.0 Å². The van der Waals surface area contributed by atoms with Gasteiger partial charge >= 0.3 is 18.0 Å². The lowest BCUT2D eigenvalue weighted by atomic mass is 10.1. The molecule has 3 N–H and O–H groups in total. The summed E-state index contributed by atoms with van der Waals surface area (Å²) in [4.78, 5) is 65.2. The van der Waals surface area contributed by atoms with E-state index in [1.54, 1.807) is 48.5 Å². The normalized spacial score (nSPS) is 11.8. The van der Waals surface area contributed by atoms with Gasteiger partial charge in [-0.25, -0.2) is 14.4 Å². The quantitative estimate of drug-likeness (QED) is 0.0390. The molecule has 0 fully saturated rings. The number of halogens is 5. The molecule has 0 unspecified atom stereocenters. The molecular weight excluding hydrogens is 836 g/mol. The van der Waals surface area contributed by atoms with Crippen molar-refractivity contribution in [2.45, 2.75) is 43.9 Å². The summed E-state index contributed by atoms with van der Waals surface area (Å²) < 4.78 is 16.0. The third-order valence-electron chi connectivity index (χ3n) is 7.51. The minimum Gasteiger partial charge on any atom is -0.459 e. The molecule has 0 aromatic heterocycles. The SMILES string of the molecule is O=C(CC[C@@H](NC(=O)OCc1ccccc1)C(=O)OCc1ccccc1)N[C@H](CSCc1ccccc1)C(=O)NCC(=O)Oc1c(Cl)c(Cl)c(Cl)c(Cl)c1Cl. The third kappa shape index (κ3) is 14.1. The molecule has 4 aromatic rings. The molecule has 17 heteroatoms. The minimum absolute atomic E-state index is 0.0504. The second-order valence-electron chi connectivity index (χ2n) is 11.6. The molecule has 0 radical (unpaired) electrons. The van der Waals surface area contributed by atoms with E-state index in [4.69, 9.17) is 72.2 Å². The molecule has 0 aliphatic rings. The number of carbonyl (C=O) groups is 5. The molecule has 0 bridgehead atoms. The number of esters is 2. The first-order valence-electron chi connectivity index (χ1n) is 16.5. The second kappa shape index (κ2) is 22.4. The highest BCUT2D eigenvalue weighted by Gasteiger charge is 2.28. The van der Waals surface area contributed by atoms with Crippen molar-refractivity contribution < 1.29 is 38.2 Å². The Kier molecular flexibility index (Phi) is 17.7. The van der Waals surface area contributed by atoms with Crippen LogP contribution in [0.5, 0.6) is 5.75 Å². The van der Waals surface area contributed by atoms with Crippen molar-refractivity contribution >= 4 is 99.6 Å². The molecule has 4 aromatic carbocycles. The van der Waals surface area contributed by atoms with Gasteiger partial charge in [0, 0.05) is 17.9 Å². The van der Waals surface area contributed by atoms with Gasteiger partial charge in [0.15, 0.2) is 5.75 Å². The van der Waals surface area contributed by atoms with Gasteiger partial charge in [0.1, 0.15) is 41.9 Å². The van der Waals surface area contributed by atoms with Gasteiger partial charge in [-0.1, -0.05) is 149 Å². The lowest BCUT2D eigenvalue weighted by molar-refractivity contribution is -0.147. The van der Waals surface area contributed by atoms with Gasteiger partial charge < -0.3 is 30.2 Å². The zero-order chi connectivity index (χ0) is 39.7. The molecule has 0 aliphatic heterocycles. The van der Waals surface area contributed by atoms with E-state index in [0.717, 1.165) is 16.7 Å². The Morgan fingerprint density at radius 1 is 0.618 bits per heavy atom. The second-order valence-corrected chi connectivity index (χ2v) is 14.5. The summed E-state index contributed by atoms with van der Waals surface area (Å²) in [5.41, 5.74) is 2.43. The number of hydrogen-bond donors (Lipinski definition) is 3. The van der Waals surface area contributed by atoms with Crippen LogP contribution >= 0.6 is 69.8 Å². The standard InChI is InChI=1S/C38H34Cl5N3O8S/c39-30-31(40)33(42)35(34(43)32(30)41)54-29(48)18-44-36(49)27(22-55-21-25-14-8-3-9-15-25)45-28(47)17-16-26(37(50)52-19-23-10-4-1-5-11-23)46-38(51)53-20-24-12-6-2-7-13-24/h1-15,26-27H,16-22H2,(H,44,49)(H,45,47)(H,46,51)/t26-,27-/m1/s1. The van der Waals surface area contributed by atoms with Crippen LogP contribution in [-0.2, 0) is 47.6 Å². The van der Waals surface area contributed by atoms with Gasteiger partial charge in [-0.15, -0.1) is 0 Å². The minimum atomic E-state index is -1.26. The summed E-state index contributed by atoms with van der Waals surface area (Å²) in [5, 5.41) is 6.55. The van der Waals surface area contributed by atoms with Crippen LogP contribution in [-0.4, -0.2) is 54.2 Å². The molecule has 290 valence electrons. The molecule has 11 nitrogen and oxygen atoms in total. The van der Waals surface area contributed by atoms with E-state index in [-0.39, 0.29) is 62.7 Å². The van der Waals surface area contributed by atoms with Crippen LogP contribution in [0, 0.1) is 0 Å². The summed E-state index contributed by atoms with van der Waals surface area (Å²) in [7, 11) is 0. The molecule has 0 spiro atoms. The number of benzene rings is 4. The number of amides is 3. The molecule has 0 heterocycles. The number of rotatable bonds is 18. The summed E-state index contributed by atoms with van der Waals surface area (Å²) in [5.74, 6) is -2.82. The highest BCUT2D eigenvalue weighted by Crippen LogP contribution is 2.48. The highest BCUT2D eigenvalue weighted by atomic mass is 35.5. The third-order valence-corrected chi connectivity index (χ3v) is 10.9. The van der Waals surface area contributed by atoms with Crippen molar-refractivity contribution in [1.29, 1.82) is 0 Å². The largest absolute Gasteiger partial charge is 0.459 e. The van der Waals surface area contributed by atoms with E-state index in [1.807, 2.05) is 42.5 Å². The molecule has 0 aliphatic carbocycles. The Hall–Kier alpha value is -4.17. The topological polar surface area (TPSA) is 149 Å². The monoisotopic (exact) mass is 867 g/mol. The Morgan fingerprint density at radius 2 is 1.13 bits per heavy atom. The van der Waals surface area contributed by atoms with Crippen LogP contribution < -0.4 is 20.7 Å². The summed E-state index contributed by atoms with van der Waals surface area (Å²) in [6.07, 6.45) is -1.38. The average Bonchev–Trinajstić information content (AvgIpc) is 3.20. The summed E-state index contributed by atoms with van der Waals surface area (Å²) in [6, 6.07) is 24.9. The smallest absolute Gasteiger partial charge is 0.408 e. The summed E-state index contributed by atoms with van der Waals surface area (Å²) in [6.45, 7) is -0.766. The van der Waals surface area contributed by atoms with E-state index in [0.29, 0.717) is 5.75 Å². The number of alkyl carbamates (subject to hydrolysis) is 1. The maximum absolute atomic E-state index is 13.4. The van der Waals surface area contributed by atoms with Crippen LogP contribution in [0.1, 0.15) is 29.5 Å². The van der Waals surface area contributed by atoms with E-state index in [9.17, 15) is 24.0 Å². The van der Waals surface area contributed by atoms with Crippen molar-refractivity contribution in [3.8, 4) is 5.75 Å². The van der Waals surface area contributed by atoms with E-state index < -0.39 is 48.5 Å². The molecule has 0 saturated carbocycles. The van der Waals surface area contributed by atoms with Gasteiger partial charge in [-0.3, -0.25) is 9.59 Å². The van der Waals surface area contributed by atoms with Gasteiger partial charge in [0.25, 0.3) is 0 Å². The molecule has 55 heavy (non-hydrogen) atoms. The predicted octanol–water partition coefficient (Wildman–Crippen LogP) is 8.21. The first-order chi connectivity index (χ1) is 26.4. The van der Waals surface area contributed by atoms with Gasteiger partial charge in [-0.2, -0.15) is 11.8 Å².